The molecule has 2 amide bonds. The maximum atomic E-state index is 12.6. The lowest BCUT2D eigenvalue weighted by Crippen LogP contribution is -2.43. The second-order valence-electron chi connectivity index (χ2n) is 12.5. The Labute approximate surface area is 262 Å². The zero-order chi connectivity index (χ0) is 31.8. The highest BCUT2D eigenvalue weighted by Crippen LogP contribution is 2.28. The Bertz CT molecular complexity index is 1170. The second-order valence-corrected chi connectivity index (χ2v) is 12.5. The van der Waals surface area contributed by atoms with Crippen LogP contribution in [0.5, 0.6) is 5.75 Å². The molecule has 44 heavy (non-hydrogen) atoms. The zero-order valence-electron chi connectivity index (χ0n) is 26.8. The largest absolute Gasteiger partial charge is 0.493 e. The number of rotatable bonds is 15. The Balaban J connectivity index is 1.62. The van der Waals surface area contributed by atoms with Crippen LogP contribution in [0.15, 0.2) is 48.5 Å². The van der Waals surface area contributed by atoms with E-state index in [1.54, 1.807) is 0 Å². The first-order valence-corrected chi connectivity index (χ1v) is 15.9. The number of amides is 2. The van der Waals surface area contributed by atoms with Crippen molar-refractivity contribution in [3.05, 3.63) is 65.2 Å². The topological polar surface area (TPSA) is 112 Å². The monoisotopic (exact) mass is 610 g/mol. The van der Waals surface area contributed by atoms with Crippen LogP contribution in [0.4, 0.5) is 9.59 Å². The molecule has 9 heteroatoms. The van der Waals surface area contributed by atoms with Crippen LogP contribution >= 0.6 is 0 Å². The molecule has 1 fully saturated rings. The summed E-state index contributed by atoms with van der Waals surface area (Å²) in [5.74, 6) is 0.998. The number of carbonyl (C=O) groups is 3. The van der Waals surface area contributed by atoms with Crippen molar-refractivity contribution in [1.82, 2.24) is 10.6 Å². The predicted molar refractivity (Wildman–Crippen MR) is 170 cm³/mol. The number of alkyl carbamates (subject to hydrolysis) is 2. The van der Waals surface area contributed by atoms with Gasteiger partial charge in [-0.1, -0.05) is 74.6 Å². The highest BCUT2D eigenvalue weighted by atomic mass is 16.6. The predicted octanol–water partition coefficient (Wildman–Crippen LogP) is 6.89. The lowest BCUT2D eigenvalue weighted by Gasteiger charge is -2.22. The van der Waals surface area contributed by atoms with E-state index in [9.17, 15) is 14.4 Å². The number of hydrogen-bond donors (Lipinski definition) is 2. The molecule has 1 aliphatic carbocycles. The Morgan fingerprint density at radius 1 is 0.932 bits per heavy atom. The van der Waals surface area contributed by atoms with Crippen LogP contribution in [-0.4, -0.2) is 50.1 Å². The fourth-order valence-corrected chi connectivity index (χ4v) is 5.33. The molecule has 0 saturated heterocycles. The van der Waals surface area contributed by atoms with Gasteiger partial charge in [-0.2, -0.15) is 0 Å². The molecular weight excluding hydrogens is 560 g/mol. The number of nitrogens with one attached hydrogen (secondary N) is 2. The van der Waals surface area contributed by atoms with Crippen molar-refractivity contribution in [2.75, 3.05) is 20.3 Å². The van der Waals surface area contributed by atoms with E-state index in [1.807, 2.05) is 69.3 Å². The maximum Gasteiger partial charge on any atom is 0.408 e. The summed E-state index contributed by atoms with van der Waals surface area (Å²) >= 11 is 0. The van der Waals surface area contributed by atoms with Gasteiger partial charge in [-0.3, -0.25) is 0 Å². The highest BCUT2D eigenvalue weighted by molar-refractivity contribution is 5.81. The summed E-state index contributed by atoms with van der Waals surface area (Å²) in [6.07, 6.45) is 8.98. The third kappa shape index (κ3) is 13.3. The van der Waals surface area contributed by atoms with E-state index in [0.717, 1.165) is 54.0 Å². The van der Waals surface area contributed by atoms with E-state index >= 15 is 0 Å². The van der Waals surface area contributed by atoms with Crippen molar-refractivity contribution < 1.29 is 33.3 Å². The van der Waals surface area contributed by atoms with Gasteiger partial charge in [0.2, 0.25) is 0 Å². The lowest BCUT2D eigenvalue weighted by atomic mass is 9.87. The van der Waals surface area contributed by atoms with Crippen molar-refractivity contribution in [3.8, 4) is 5.75 Å². The fraction of sp³-hybridized carbons (Fsp3) is 0.571. The van der Waals surface area contributed by atoms with E-state index in [1.165, 1.54) is 39.2 Å². The van der Waals surface area contributed by atoms with E-state index in [0.29, 0.717) is 13.2 Å². The second kappa shape index (κ2) is 18.1. The summed E-state index contributed by atoms with van der Waals surface area (Å²) in [6.45, 7) is 6.78. The summed E-state index contributed by atoms with van der Waals surface area (Å²) in [5.41, 5.74) is 2.20. The number of aryl methyl sites for hydroxylation is 1. The molecule has 1 saturated carbocycles. The highest BCUT2D eigenvalue weighted by Gasteiger charge is 2.24. The molecule has 242 valence electrons. The maximum absolute atomic E-state index is 12.6. The van der Waals surface area contributed by atoms with Crippen LogP contribution in [0, 0.1) is 5.92 Å². The van der Waals surface area contributed by atoms with E-state index < -0.39 is 29.8 Å². The van der Waals surface area contributed by atoms with Gasteiger partial charge in [-0.15, -0.1) is 0 Å². The molecule has 2 aromatic rings. The average Bonchev–Trinajstić information content (AvgIpc) is 3.00. The van der Waals surface area contributed by atoms with Gasteiger partial charge in [0.15, 0.2) is 0 Å². The first-order chi connectivity index (χ1) is 21.1. The van der Waals surface area contributed by atoms with Crippen molar-refractivity contribution in [3.63, 3.8) is 0 Å². The van der Waals surface area contributed by atoms with Gasteiger partial charge in [0.25, 0.3) is 0 Å². The number of carbonyl (C=O) groups excluding carboxylic acids is 3. The zero-order valence-corrected chi connectivity index (χ0v) is 26.8. The van der Waals surface area contributed by atoms with E-state index in [2.05, 4.69) is 10.6 Å². The fourth-order valence-electron chi connectivity index (χ4n) is 5.33. The molecule has 0 aliphatic heterocycles. The quantitative estimate of drug-likeness (QED) is 0.128. The molecule has 1 aliphatic rings. The smallest absolute Gasteiger partial charge is 0.408 e. The molecule has 2 aromatic carbocycles. The minimum atomic E-state index is -0.910. The molecule has 0 aromatic heterocycles. The molecule has 0 spiro atoms. The summed E-state index contributed by atoms with van der Waals surface area (Å²) in [7, 11) is 1.30. The molecule has 0 bridgehead atoms. The third-order valence-corrected chi connectivity index (χ3v) is 7.60. The van der Waals surface area contributed by atoms with Crippen molar-refractivity contribution in [2.45, 2.75) is 103 Å². The molecule has 9 nitrogen and oxygen atoms in total. The SMILES string of the molecule is COC(=O)[C@H](Cc1ccc(OCCC2CCCCC2)c(CCCCNC(=O)OC(C)(C)C)c1)NC(=O)OCc1ccccc1. The average molecular weight is 611 g/mol. The molecule has 3 rings (SSSR count). The van der Waals surface area contributed by atoms with E-state index in [4.69, 9.17) is 18.9 Å². The number of hydrogen-bond acceptors (Lipinski definition) is 7. The number of methoxy groups -OCH3 is 1. The molecule has 0 unspecified atom stereocenters. The summed E-state index contributed by atoms with van der Waals surface area (Å²) < 4.78 is 21.9. The molecule has 0 heterocycles. The third-order valence-electron chi connectivity index (χ3n) is 7.60. The molecular formula is C35H50N2O7. The Hall–Kier alpha value is -3.75. The van der Waals surface area contributed by atoms with Crippen LogP contribution in [0.1, 0.15) is 88.8 Å². The normalized spacial score (nSPS) is 14.3. The minimum Gasteiger partial charge on any atom is -0.493 e. The number of ether oxygens (including phenoxy) is 4. The first kappa shape index (κ1) is 34.7. The van der Waals surface area contributed by atoms with Gasteiger partial charge in [0.05, 0.1) is 13.7 Å². The van der Waals surface area contributed by atoms with Crippen molar-refractivity contribution >= 4 is 18.2 Å². The number of unbranched alkanes of at least 4 members (excludes halogenated alkanes) is 1. The Morgan fingerprint density at radius 2 is 1.68 bits per heavy atom. The first-order valence-electron chi connectivity index (χ1n) is 15.9. The van der Waals surface area contributed by atoms with Crippen molar-refractivity contribution in [2.24, 2.45) is 5.92 Å². The van der Waals surface area contributed by atoms with Gasteiger partial charge < -0.3 is 29.6 Å². The van der Waals surface area contributed by atoms with Crippen LogP contribution in [0.3, 0.4) is 0 Å². The van der Waals surface area contributed by atoms with Crippen LogP contribution in [0.2, 0.25) is 0 Å². The summed E-state index contributed by atoms with van der Waals surface area (Å²) in [5, 5.41) is 5.47. The van der Waals surface area contributed by atoms with Crippen LogP contribution in [-0.2, 0) is 38.5 Å². The van der Waals surface area contributed by atoms with Crippen molar-refractivity contribution in [1.29, 1.82) is 0 Å². The van der Waals surface area contributed by atoms with Gasteiger partial charge in [-0.25, -0.2) is 14.4 Å². The molecule has 2 N–H and O–H groups in total. The molecule has 0 radical (unpaired) electrons. The summed E-state index contributed by atoms with van der Waals surface area (Å²) in [6, 6.07) is 14.3. The van der Waals surface area contributed by atoms with Gasteiger partial charge in [0, 0.05) is 13.0 Å². The van der Waals surface area contributed by atoms with Crippen LogP contribution < -0.4 is 15.4 Å². The van der Waals surface area contributed by atoms with E-state index in [-0.39, 0.29) is 13.0 Å². The molecule has 1 atom stereocenters. The minimum absolute atomic E-state index is 0.0976. The standard InChI is InChI=1S/C35H50N2O7/c1-35(2,3)44-33(39)36-21-12-11-17-29-23-28(18-19-31(29)42-22-20-26-13-7-5-8-14-26)24-30(32(38)41-4)37-34(40)43-25-27-15-9-6-10-16-27/h6,9-10,15-16,18-19,23,26,30H,5,7-8,11-14,17,20-22,24-25H2,1-4H3,(H,36,39)(H,37,40)/t30-/m0/s1. The number of esters is 1. The lowest BCUT2D eigenvalue weighted by molar-refractivity contribution is -0.143. The van der Waals surface area contributed by atoms with Crippen LogP contribution in [0.25, 0.3) is 0 Å². The Kier molecular flexibility index (Phi) is 14.3. The van der Waals surface area contributed by atoms with Gasteiger partial charge in [0.1, 0.15) is 24.0 Å². The Morgan fingerprint density at radius 3 is 2.39 bits per heavy atom. The van der Waals surface area contributed by atoms with Gasteiger partial charge in [-0.05, 0) is 75.1 Å². The van der Waals surface area contributed by atoms with Gasteiger partial charge >= 0.3 is 18.2 Å². The summed E-state index contributed by atoms with van der Waals surface area (Å²) in [4.78, 5) is 37.1. The number of benzene rings is 2.